The zero-order valence-corrected chi connectivity index (χ0v) is 10.2. The first-order valence-corrected chi connectivity index (χ1v) is 5.89. The van der Waals surface area contributed by atoms with Crippen LogP contribution in [0.3, 0.4) is 0 Å². The summed E-state index contributed by atoms with van der Waals surface area (Å²) in [5.74, 6) is -1.09. The van der Waals surface area contributed by atoms with Crippen molar-refractivity contribution in [2.24, 2.45) is 11.3 Å². The van der Waals surface area contributed by atoms with Gasteiger partial charge in [0.1, 0.15) is 0 Å². The number of hydrogen-bond acceptors (Lipinski definition) is 2. The number of hydrogen-bond donors (Lipinski definition) is 2. The first-order chi connectivity index (χ1) is 7.36. The summed E-state index contributed by atoms with van der Waals surface area (Å²) in [6.45, 7) is 5.32. The molecular formula is C12H21NO3. The quantitative estimate of drug-likeness (QED) is 0.752. The van der Waals surface area contributed by atoms with Crippen molar-refractivity contribution in [1.29, 1.82) is 0 Å². The van der Waals surface area contributed by atoms with Crippen molar-refractivity contribution in [3.05, 3.63) is 0 Å². The molecule has 4 heteroatoms. The Morgan fingerprint density at radius 2 is 2.00 bits per heavy atom. The summed E-state index contributed by atoms with van der Waals surface area (Å²) in [7, 11) is 0. The van der Waals surface area contributed by atoms with Gasteiger partial charge in [-0.15, -0.1) is 0 Å². The second-order valence-corrected chi connectivity index (χ2v) is 5.25. The summed E-state index contributed by atoms with van der Waals surface area (Å²) in [6.07, 6.45) is 3.27. The van der Waals surface area contributed by atoms with Crippen LogP contribution in [0.2, 0.25) is 0 Å². The van der Waals surface area contributed by atoms with Gasteiger partial charge in [0.15, 0.2) is 0 Å². The molecule has 16 heavy (non-hydrogen) atoms. The Bertz CT molecular complexity index is 284. The highest BCUT2D eigenvalue weighted by atomic mass is 16.4. The van der Waals surface area contributed by atoms with Crippen molar-refractivity contribution >= 4 is 11.9 Å². The Morgan fingerprint density at radius 1 is 1.44 bits per heavy atom. The van der Waals surface area contributed by atoms with E-state index in [0.717, 1.165) is 19.3 Å². The van der Waals surface area contributed by atoms with E-state index in [2.05, 4.69) is 5.32 Å². The van der Waals surface area contributed by atoms with Gasteiger partial charge in [0.25, 0.3) is 0 Å². The van der Waals surface area contributed by atoms with E-state index >= 15 is 0 Å². The molecule has 2 N–H and O–H groups in total. The van der Waals surface area contributed by atoms with E-state index in [4.69, 9.17) is 0 Å². The van der Waals surface area contributed by atoms with Crippen molar-refractivity contribution in [2.75, 3.05) is 0 Å². The molecule has 0 heterocycles. The maximum absolute atomic E-state index is 11.7. The number of amides is 1. The molecule has 0 aromatic carbocycles. The molecule has 92 valence electrons. The Balaban J connectivity index is 2.54. The molecule has 0 spiro atoms. The molecule has 0 saturated heterocycles. The minimum Gasteiger partial charge on any atom is -0.481 e. The van der Waals surface area contributed by atoms with E-state index in [1.54, 1.807) is 6.92 Å². The molecule has 0 aromatic rings. The minimum absolute atomic E-state index is 0.0582. The number of aliphatic carboxylic acids is 1. The van der Waals surface area contributed by atoms with E-state index in [9.17, 15) is 14.7 Å². The molecule has 1 rings (SSSR count). The van der Waals surface area contributed by atoms with Crippen LogP contribution in [-0.2, 0) is 9.59 Å². The van der Waals surface area contributed by atoms with Gasteiger partial charge in [-0.3, -0.25) is 9.59 Å². The summed E-state index contributed by atoms with van der Waals surface area (Å²) in [4.78, 5) is 22.9. The number of rotatable bonds is 5. The van der Waals surface area contributed by atoms with Crippen LogP contribution in [0, 0.1) is 11.3 Å². The van der Waals surface area contributed by atoms with Gasteiger partial charge < -0.3 is 10.4 Å². The van der Waals surface area contributed by atoms with Crippen molar-refractivity contribution in [1.82, 2.24) is 5.32 Å². The summed E-state index contributed by atoms with van der Waals surface area (Å²) in [5, 5.41) is 12.1. The summed E-state index contributed by atoms with van der Waals surface area (Å²) >= 11 is 0. The predicted octanol–water partition coefficient (Wildman–Crippen LogP) is 1.79. The topological polar surface area (TPSA) is 66.4 Å². The van der Waals surface area contributed by atoms with Crippen molar-refractivity contribution in [3.63, 3.8) is 0 Å². The van der Waals surface area contributed by atoms with Crippen molar-refractivity contribution in [2.45, 2.75) is 52.5 Å². The Labute approximate surface area is 96.4 Å². The van der Waals surface area contributed by atoms with Crippen LogP contribution in [0.5, 0.6) is 0 Å². The highest BCUT2D eigenvalue weighted by Crippen LogP contribution is 2.31. The maximum Gasteiger partial charge on any atom is 0.310 e. The fourth-order valence-corrected chi connectivity index (χ4v) is 1.69. The van der Waals surface area contributed by atoms with Crippen LogP contribution < -0.4 is 5.32 Å². The average molecular weight is 227 g/mol. The van der Waals surface area contributed by atoms with Crippen molar-refractivity contribution in [3.8, 4) is 0 Å². The fourth-order valence-electron chi connectivity index (χ4n) is 1.69. The first-order valence-electron chi connectivity index (χ1n) is 5.89. The molecule has 0 aliphatic heterocycles. The van der Waals surface area contributed by atoms with Gasteiger partial charge in [0, 0.05) is 12.5 Å². The van der Waals surface area contributed by atoms with Gasteiger partial charge in [-0.2, -0.15) is 0 Å². The number of nitrogens with one attached hydrogen (secondary N) is 1. The van der Waals surface area contributed by atoms with E-state index in [1.165, 1.54) is 0 Å². The van der Waals surface area contributed by atoms with Crippen LogP contribution >= 0.6 is 0 Å². The Morgan fingerprint density at radius 3 is 2.31 bits per heavy atom. The largest absolute Gasteiger partial charge is 0.481 e. The smallest absolute Gasteiger partial charge is 0.310 e. The molecule has 1 saturated carbocycles. The number of carbonyl (C=O) groups excluding carboxylic acids is 1. The van der Waals surface area contributed by atoms with Crippen LogP contribution in [0.4, 0.5) is 0 Å². The first kappa shape index (κ1) is 13.0. The lowest BCUT2D eigenvalue weighted by molar-refractivity contribution is -0.153. The summed E-state index contributed by atoms with van der Waals surface area (Å²) in [6, 6.07) is 0.276. The van der Waals surface area contributed by atoms with E-state index in [1.807, 2.05) is 13.8 Å². The zero-order valence-electron chi connectivity index (χ0n) is 10.2. The van der Waals surface area contributed by atoms with Crippen molar-refractivity contribution < 1.29 is 14.7 Å². The third-order valence-corrected chi connectivity index (χ3v) is 3.76. The molecule has 0 bridgehead atoms. The normalized spacial score (nSPS) is 20.0. The van der Waals surface area contributed by atoms with Gasteiger partial charge in [-0.1, -0.05) is 13.8 Å². The van der Waals surface area contributed by atoms with Crippen LogP contribution in [0.25, 0.3) is 0 Å². The standard InChI is InChI=1S/C12H21NO3/c1-8(2)12(3,11(15)16)7-10(14)13-9-5-4-6-9/h8-9H,4-7H2,1-3H3,(H,13,14)(H,15,16). The van der Waals surface area contributed by atoms with Crippen LogP contribution in [-0.4, -0.2) is 23.0 Å². The summed E-state index contributed by atoms with van der Waals surface area (Å²) in [5.41, 5.74) is -0.964. The van der Waals surface area contributed by atoms with Gasteiger partial charge in [0.2, 0.25) is 5.91 Å². The van der Waals surface area contributed by atoms with Crippen LogP contribution in [0.15, 0.2) is 0 Å². The number of carboxylic acid groups (broad SMARTS) is 1. The van der Waals surface area contributed by atoms with E-state index < -0.39 is 11.4 Å². The zero-order chi connectivity index (χ0) is 12.3. The lowest BCUT2D eigenvalue weighted by Crippen LogP contribution is -2.44. The minimum atomic E-state index is -0.964. The number of carboxylic acids is 1. The monoisotopic (exact) mass is 227 g/mol. The lowest BCUT2D eigenvalue weighted by Gasteiger charge is -2.31. The molecule has 1 unspecified atom stereocenters. The number of carbonyl (C=O) groups is 2. The fraction of sp³-hybridized carbons (Fsp3) is 0.833. The molecule has 1 fully saturated rings. The third-order valence-electron chi connectivity index (χ3n) is 3.76. The summed E-state index contributed by atoms with van der Waals surface area (Å²) < 4.78 is 0. The van der Waals surface area contributed by atoms with Crippen LogP contribution in [0.1, 0.15) is 46.5 Å². The van der Waals surface area contributed by atoms with Gasteiger partial charge >= 0.3 is 5.97 Å². The maximum atomic E-state index is 11.7. The molecule has 0 radical (unpaired) electrons. The molecule has 1 aliphatic carbocycles. The van der Waals surface area contributed by atoms with E-state index in [-0.39, 0.29) is 24.3 Å². The molecular weight excluding hydrogens is 206 g/mol. The van der Waals surface area contributed by atoms with Gasteiger partial charge in [-0.25, -0.2) is 0 Å². The Hall–Kier alpha value is -1.06. The highest BCUT2D eigenvalue weighted by molar-refractivity contribution is 5.85. The Kier molecular flexibility index (Phi) is 3.94. The average Bonchev–Trinajstić information content (AvgIpc) is 2.10. The second-order valence-electron chi connectivity index (χ2n) is 5.25. The third kappa shape index (κ3) is 2.74. The molecule has 0 aromatic heterocycles. The highest BCUT2D eigenvalue weighted by Gasteiger charge is 2.39. The lowest BCUT2D eigenvalue weighted by atomic mass is 9.76. The van der Waals surface area contributed by atoms with Gasteiger partial charge in [-0.05, 0) is 32.1 Å². The molecule has 1 atom stereocenters. The van der Waals surface area contributed by atoms with Gasteiger partial charge in [0.05, 0.1) is 5.41 Å². The molecule has 1 aliphatic rings. The van der Waals surface area contributed by atoms with E-state index in [0.29, 0.717) is 0 Å². The SMILES string of the molecule is CC(C)C(C)(CC(=O)NC1CCC1)C(=O)O. The molecule has 4 nitrogen and oxygen atoms in total. The second kappa shape index (κ2) is 4.85. The predicted molar refractivity (Wildman–Crippen MR) is 61.0 cm³/mol. The molecule has 1 amide bonds.